The average Bonchev–Trinajstić information content (AvgIpc) is 3.09. The summed E-state index contributed by atoms with van der Waals surface area (Å²) in [6, 6.07) is 23.7. The number of hydrogen-bond acceptors (Lipinski definition) is 2. The molecule has 112 valence electrons. The summed E-state index contributed by atoms with van der Waals surface area (Å²) in [4.78, 5) is 0. The molecule has 3 nitrogen and oxygen atoms in total. The molecule has 0 radical (unpaired) electrons. The van der Waals surface area contributed by atoms with Crippen LogP contribution in [0.5, 0.6) is 0 Å². The topological polar surface area (TPSA) is 40.7 Å². The number of aromatic amines is 1. The minimum absolute atomic E-state index is 0.313. The molecule has 2 N–H and O–H groups in total. The first-order chi connectivity index (χ1) is 10.8. The molecule has 0 amide bonds. The number of hydrogen-bond donors (Lipinski definition) is 2. The lowest BCUT2D eigenvalue weighted by Crippen LogP contribution is -2.32. The van der Waals surface area contributed by atoms with Crippen molar-refractivity contribution in [2.24, 2.45) is 0 Å². The molecule has 0 unspecified atom stereocenters. The fourth-order valence-corrected chi connectivity index (χ4v) is 2.86. The molecule has 22 heavy (non-hydrogen) atoms. The van der Waals surface area contributed by atoms with Crippen molar-refractivity contribution in [2.45, 2.75) is 25.4 Å². The van der Waals surface area contributed by atoms with Gasteiger partial charge >= 0.3 is 0 Å². The lowest BCUT2D eigenvalue weighted by Gasteiger charge is -2.26. The highest BCUT2D eigenvalue weighted by atomic mass is 15.1. The van der Waals surface area contributed by atoms with Crippen LogP contribution in [0.15, 0.2) is 72.9 Å². The molecule has 0 saturated heterocycles. The second-order valence-corrected chi connectivity index (χ2v) is 5.55. The minimum atomic E-state index is 0.313. The Balaban J connectivity index is 1.82. The van der Waals surface area contributed by atoms with E-state index in [9.17, 15) is 0 Å². The lowest BCUT2D eigenvalue weighted by molar-refractivity contribution is 0.494. The Hall–Kier alpha value is -2.39. The molecule has 1 heterocycles. The van der Waals surface area contributed by atoms with Gasteiger partial charge in [-0.3, -0.25) is 5.10 Å². The highest BCUT2D eigenvalue weighted by Crippen LogP contribution is 2.28. The Morgan fingerprint density at radius 1 is 0.909 bits per heavy atom. The van der Waals surface area contributed by atoms with Gasteiger partial charge in [-0.25, -0.2) is 0 Å². The summed E-state index contributed by atoms with van der Waals surface area (Å²) in [5, 5.41) is 10.6. The van der Waals surface area contributed by atoms with E-state index in [1.54, 1.807) is 6.20 Å². The maximum atomic E-state index is 4.00. The van der Waals surface area contributed by atoms with Gasteiger partial charge < -0.3 is 5.32 Å². The van der Waals surface area contributed by atoms with Crippen LogP contribution in [0, 0.1) is 0 Å². The smallest absolute Gasteiger partial charge is 0.0490 e. The van der Waals surface area contributed by atoms with Gasteiger partial charge in [0.1, 0.15) is 0 Å². The summed E-state index contributed by atoms with van der Waals surface area (Å²) < 4.78 is 0. The standard InChI is InChI=1S/C19H21N3/c1-15(20-14-18-12-13-21-22-18)19(16-8-4-2-5-9-16)17-10-6-3-7-11-17/h2-13,15,19-20H,14H2,1H3,(H,21,22)/t15-/m0/s1. The van der Waals surface area contributed by atoms with E-state index in [1.807, 2.05) is 6.07 Å². The number of aromatic nitrogens is 2. The number of H-pyrrole nitrogens is 1. The zero-order valence-corrected chi connectivity index (χ0v) is 12.7. The normalized spacial score (nSPS) is 12.5. The quantitative estimate of drug-likeness (QED) is 0.726. The third-order valence-electron chi connectivity index (χ3n) is 3.99. The van der Waals surface area contributed by atoms with E-state index in [4.69, 9.17) is 0 Å². The minimum Gasteiger partial charge on any atom is -0.308 e. The predicted molar refractivity (Wildman–Crippen MR) is 89.6 cm³/mol. The van der Waals surface area contributed by atoms with E-state index >= 15 is 0 Å². The monoisotopic (exact) mass is 291 g/mol. The highest BCUT2D eigenvalue weighted by molar-refractivity contribution is 5.34. The van der Waals surface area contributed by atoms with Crippen molar-refractivity contribution in [2.75, 3.05) is 0 Å². The van der Waals surface area contributed by atoms with E-state index in [0.717, 1.165) is 12.2 Å². The molecule has 3 rings (SSSR count). The SMILES string of the molecule is C[C@H](NCc1ccn[nH]1)C(c1ccccc1)c1ccccc1. The van der Waals surface area contributed by atoms with E-state index in [1.165, 1.54) is 11.1 Å². The molecule has 0 fully saturated rings. The second-order valence-electron chi connectivity index (χ2n) is 5.55. The summed E-state index contributed by atoms with van der Waals surface area (Å²) in [7, 11) is 0. The van der Waals surface area contributed by atoms with Gasteiger partial charge in [0, 0.05) is 30.4 Å². The average molecular weight is 291 g/mol. The molecule has 1 atom stereocenters. The van der Waals surface area contributed by atoms with Crippen LogP contribution in [0.4, 0.5) is 0 Å². The Morgan fingerprint density at radius 3 is 2.00 bits per heavy atom. The Bertz CT molecular complexity index is 623. The molecular weight excluding hydrogens is 270 g/mol. The van der Waals surface area contributed by atoms with Crippen molar-refractivity contribution in [1.29, 1.82) is 0 Å². The molecule has 0 spiro atoms. The van der Waals surface area contributed by atoms with Crippen molar-refractivity contribution >= 4 is 0 Å². The van der Waals surface area contributed by atoms with Crippen molar-refractivity contribution < 1.29 is 0 Å². The summed E-state index contributed by atoms with van der Waals surface area (Å²) >= 11 is 0. The number of benzene rings is 2. The summed E-state index contributed by atoms with van der Waals surface area (Å²) in [5.41, 5.74) is 3.77. The highest BCUT2D eigenvalue weighted by Gasteiger charge is 2.20. The fourth-order valence-electron chi connectivity index (χ4n) is 2.86. The number of nitrogens with zero attached hydrogens (tertiary/aromatic N) is 1. The molecule has 3 aromatic rings. The first kappa shape index (κ1) is 14.5. The molecule has 0 aliphatic carbocycles. The maximum Gasteiger partial charge on any atom is 0.0490 e. The van der Waals surface area contributed by atoms with Gasteiger partial charge in [0.05, 0.1) is 0 Å². The van der Waals surface area contributed by atoms with Crippen LogP contribution in [-0.4, -0.2) is 16.2 Å². The Labute approximate surface area is 131 Å². The molecule has 0 saturated carbocycles. The zero-order valence-electron chi connectivity index (χ0n) is 12.7. The van der Waals surface area contributed by atoms with E-state index < -0.39 is 0 Å². The number of rotatable bonds is 6. The number of nitrogens with one attached hydrogen (secondary N) is 2. The van der Waals surface area contributed by atoms with Crippen LogP contribution in [0.1, 0.15) is 29.7 Å². The van der Waals surface area contributed by atoms with E-state index in [-0.39, 0.29) is 0 Å². The van der Waals surface area contributed by atoms with Crippen LogP contribution >= 0.6 is 0 Å². The van der Waals surface area contributed by atoms with Gasteiger partial charge in [-0.1, -0.05) is 60.7 Å². The van der Waals surface area contributed by atoms with Gasteiger partial charge in [0.15, 0.2) is 0 Å². The fraction of sp³-hybridized carbons (Fsp3) is 0.211. The van der Waals surface area contributed by atoms with Gasteiger partial charge in [0.25, 0.3) is 0 Å². The van der Waals surface area contributed by atoms with Crippen molar-refractivity contribution in [3.63, 3.8) is 0 Å². The van der Waals surface area contributed by atoms with Crippen LogP contribution in [0.25, 0.3) is 0 Å². The molecular formula is C19H21N3. The first-order valence-corrected chi connectivity index (χ1v) is 7.66. The molecule has 1 aromatic heterocycles. The third kappa shape index (κ3) is 3.43. The summed E-state index contributed by atoms with van der Waals surface area (Å²) in [6.45, 7) is 3.03. The Morgan fingerprint density at radius 2 is 1.50 bits per heavy atom. The maximum absolute atomic E-state index is 4.00. The molecule has 0 aliphatic rings. The molecule has 3 heteroatoms. The van der Waals surface area contributed by atoms with Gasteiger partial charge in [0.2, 0.25) is 0 Å². The summed E-state index contributed by atoms with van der Waals surface area (Å²) in [5.74, 6) is 0.324. The second kappa shape index (κ2) is 7.05. The van der Waals surface area contributed by atoms with Crippen molar-refractivity contribution in [3.05, 3.63) is 89.7 Å². The van der Waals surface area contributed by atoms with E-state index in [0.29, 0.717) is 12.0 Å². The van der Waals surface area contributed by atoms with Crippen LogP contribution < -0.4 is 5.32 Å². The largest absolute Gasteiger partial charge is 0.308 e. The lowest BCUT2D eigenvalue weighted by atomic mass is 9.86. The summed E-state index contributed by atoms with van der Waals surface area (Å²) in [6.07, 6.45) is 1.79. The van der Waals surface area contributed by atoms with Crippen LogP contribution in [0.3, 0.4) is 0 Å². The molecule has 0 bridgehead atoms. The first-order valence-electron chi connectivity index (χ1n) is 7.66. The van der Waals surface area contributed by atoms with Crippen molar-refractivity contribution in [3.8, 4) is 0 Å². The van der Waals surface area contributed by atoms with Crippen LogP contribution in [-0.2, 0) is 6.54 Å². The zero-order chi connectivity index (χ0) is 15.2. The van der Waals surface area contributed by atoms with Crippen molar-refractivity contribution in [1.82, 2.24) is 15.5 Å². The predicted octanol–water partition coefficient (Wildman–Crippen LogP) is 3.72. The Kier molecular flexibility index (Phi) is 4.66. The van der Waals surface area contributed by atoms with E-state index in [2.05, 4.69) is 83.1 Å². The van der Waals surface area contributed by atoms with Gasteiger partial charge in [-0.05, 0) is 24.1 Å². The molecule has 0 aliphatic heterocycles. The van der Waals surface area contributed by atoms with Gasteiger partial charge in [-0.2, -0.15) is 5.10 Å². The third-order valence-corrected chi connectivity index (χ3v) is 3.99. The molecule has 2 aromatic carbocycles. The van der Waals surface area contributed by atoms with Crippen LogP contribution in [0.2, 0.25) is 0 Å². The van der Waals surface area contributed by atoms with Gasteiger partial charge in [-0.15, -0.1) is 0 Å².